The van der Waals surface area contributed by atoms with E-state index in [1.54, 1.807) is 0 Å². The number of alkyl halides is 11. The topological polar surface area (TPSA) is 3.24 Å². The van der Waals surface area contributed by atoms with Crippen LogP contribution in [0.3, 0.4) is 0 Å². The molecule has 1 aliphatic rings. The fourth-order valence-corrected chi connectivity index (χ4v) is 18.4. The molecule has 0 atom stereocenters. The van der Waals surface area contributed by atoms with E-state index in [4.69, 9.17) is 0 Å². The Hall–Kier alpha value is 5.44. The van der Waals surface area contributed by atoms with Crippen molar-refractivity contribution in [2.75, 3.05) is 4.90 Å². The first kappa shape index (κ1) is 33.9. The van der Waals surface area contributed by atoms with E-state index in [1.165, 1.54) is 0 Å². The van der Waals surface area contributed by atoms with Gasteiger partial charge in [0.15, 0.2) is 4.45 Å². The minimum absolute atomic E-state index is 0.836. The molecule has 0 aromatic heterocycles. The van der Waals surface area contributed by atoms with Gasteiger partial charge in [0.1, 0.15) is 16.2 Å². The molecular weight excluding hydrogens is 1430 g/mol. The third-order valence-corrected chi connectivity index (χ3v) is 33.7. The van der Waals surface area contributed by atoms with E-state index in [1.807, 2.05) is 36.4 Å². The molecule has 34 heavy (non-hydrogen) atoms. The van der Waals surface area contributed by atoms with Crippen molar-refractivity contribution < 1.29 is 0 Å². The van der Waals surface area contributed by atoms with Crippen LogP contribution >= 0.6 is 239 Å². The highest BCUT2D eigenvalue weighted by Gasteiger charge is 2.86. The minimum atomic E-state index is -1.03. The molecule has 0 heterocycles. The van der Waals surface area contributed by atoms with Crippen molar-refractivity contribution in [1.82, 2.24) is 0 Å². The first-order valence-electron chi connectivity index (χ1n) is 8.49. The minimum Gasteiger partial charge on any atom is -0.320 e. The van der Waals surface area contributed by atoms with E-state index >= 15 is 0 Å². The van der Waals surface area contributed by atoms with Gasteiger partial charge in [-0.05, 0) is 81.9 Å². The Balaban J connectivity index is 2.54. The second-order valence-electron chi connectivity index (χ2n) is 6.98. The number of halogens is 15. The van der Waals surface area contributed by atoms with Gasteiger partial charge in [-0.3, -0.25) is 0 Å². The molecule has 0 bridgehead atoms. The molecule has 2 aromatic rings. The van der Waals surface area contributed by atoms with Crippen LogP contribution in [0.2, 0.25) is 0 Å². The molecule has 1 nitrogen and oxygen atoms in total. The zero-order valence-corrected chi connectivity index (χ0v) is 39.4. The summed E-state index contributed by atoms with van der Waals surface area (Å²) in [5, 5.41) is 0. The predicted molar refractivity (Wildman–Crippen MR) is 200 cm³/mol. The zero-order valence-electron chi connectivity index (χ0n) is 15.6. The second kappa shape index (κ2) is 11.5. The van der Waals surface area contributed by atoms with Crippen molar-refractivity contribution in [3.63, 3.8) is 0 Å². The van der Waals surface area contributed by atoms with Gasteiger partial charge in [-0.1, -0.05) is 193 Å². The fourth-order valence-electron chi connectivity index (χ4n) is 3.27. The summed E-state index contributed by atoms with van der Waals surface area (Å²) in [6.07, 6.45) is 0. The van der Waals surface area contributed by atoms with Gasteiger partial charge in [-0.2, -0.15) is 0 Å². The van der Waals surface area contributed by atoms with Crippen molar-refractivity contribution in [3.05, 3.63) is 54.3 Å². The van der Waals surface area contributed by atoms with Crippen LogP contribution in [0, 0.1) is 0 Å². The number of hydrogen-bond donors (Lipinski definition) is 0. The van der Waals surface area contributed by atoms with Crippen molar-refractivity contribution in [3.8, 4) is 0 Å². The monoisotopic (exact) mass is 1420 g/mol. The van der Waals surface area contributed by atoms with Crippen molar-refractivity contribution in [1.29, 1.82) is 0 Å². The first-order chi connectivity index (χ1) is 15.2. The molecule has 0 amide bonds. The maximum atomic E-state index is 4.20. The normalized spacial score (nSPS) is 23.4. The molecular formula is C18H6Br15N. The quantitative estimate of drug-likeness (QED) is 0.128. The fraction of sp³-hybridized carbons (Fsp3) is 0.333. The van der Waals surface area contributed by atoms with Gasteiger partial charge in [-0.15, -0.1) is 0 Å². The van der Waals surface area contributed by atoms with Crippen LogP contribution < -0.4 is 4.90 Å². The first-order valence-corrected chi connectivity index (χ1v) is 20.4. The lowest BCUT2D eigenvalue weighted by Crippen LogP contribution is -2.82. The van der Waals surface area contributed by atoms with E-state index in [0.717, 1.165) is 29.3 Å². The third-order valence-electron chi connectivity index (χ3n) is 5.06. The van der Waals surface area contributed by atoms with Gasteiger partial charge in [0.25, 0.3) is 0 Å². The Kier molecular flexibility index (Phi) is 11.5. The number of hydrogen-bond acceptors (Lipinski definition) is 1. The molecule has 1 saturated carbocycles. The Morgan fingerprint density at radius 2 is 0.912 bits per heavy atom. The van der Waals surface area contributed by atoms with Gasteiger partial charge >= 0.3 is 0 Å². The molecule has 1 fully saturated rings. The lowest BCUT2D eigenvalue weighted by molar-refractivity contribution is 0.405. The smallest absolute Gasteiger partial charge is 0.155 e. The maximum absolute atomic E-state index is 4.20. The lowest BCUT2D eigenvalue weighted by atomic mass is 9.91. The average Bonchev–Trinajstić information content (AvgIpc) is 2.75. The summed E-state index contributed by atoms with van der Waals surface area (Å²) < 4.78 is -2.07. The molecule has 0 saturated heterocycles. The number of nitrogens with zero attached hydrogens (tertiary/aromatic N) is 1. The number of anilines is 2. The molecule has 0 radical (unpaired) electrons. The van der Waals surface area contributed by atoms with E-state index < -0.39 is 20.6 Å². The molecule has 3 rings (SSSR count). The van der Waals surface area contributed by atoms with E-state index in [9.17, 15) is 0 Å². The van der Waals surface area contributed by atoms with Crippen LogP contribution in [-0.4, -0.2) is 20.6 Å². The van der Waals surface area contributed by atoms with Crippen LogP contribution in [0.4, 0.5) is 11.4 Å². The van der Waals surface area contributed by atoms with Crippen molar-refractivity contribution in [2.24, 2.45) is 0 Å². The van der Waals surface area contributed by atoms with Crippen LogP contribution in [0.5, 0.6) is 0 Å². The van der Waals surface area contributed by atoms with Crippen LogP contribution in [0.15, 0.2) is 54.3 Å². The summed E-state index contributed by atoms with van der Waals surface area (Å²) in [6, 6.07) is 12.1. The number of para-hydroxylation sites is 1. The Labute approximate surface area is 323 Å². The predicted octanol–water partition coefficient (Wildman–Crippen LogP) is 14.4. The molecule has 188 valence electrons. The summed E-state index contributed by atoms with van der Waals surface area (Å²) in [4.78, 5) is 2.18. The highest BCUT2D eigenvalue weighted by Crippen LogP contribution is 2.83. The van der Waals surface area contributed by atoms with Gasteiger partial charge in [0.05, 0.1) is 10.2 Å². The van der Waals surface area contributed by atoms with Crippen LogP contribution in [0.25, 0.3) is 0 Å². The van der Waals surface area contributed by atoms with E-state index in [2.05, 4.69) is 244 Å². The molecule has 0 spiro atoms. The molecule has 0 N–H and O–H groups in total. The van der Waals surface area contributed by atoms with Gasteiger partial charge in [-0.25, -0.2) is 0 Å². The van der Waals surface area contributed by atoms with Crippen LogP contribution in [-0.2, 0) is 0 Å². The van der Waals surface area contributed by atoms with Gasteiger partial charge in [0, 0.05) is 19.1 Å². The number of rotatable bonds is 3. The maximum Gasteiger partial charge on any atom is 0.155 e. The molecule has 1 aliphatic carbocycles. The summed E-state index contributed by atoms with van der Waals surface area (Å²) in [6.45, 7) is 0. The van der Waals surface area contributed by atoms with Crippen molar-refractivity contribution >= 4 is 250 Å². The number of benzene rings is 2. The molecule has 0 unspecified atom stereocenters. The average molecular weight is 1430 g/mol. The zero-order chi connectivity index (χ0) is 26.3. The van der Waals surface area contributed by atoms with Gasteiger partial charge < -0.3 is 4.90 Å². The summed E-state index contributed by atoms with van der Waals surface area (Å²) >= 11 is 58.8. The molecule has 16 heteroatoms. The van der Waals surface area contributed by atoms with Crippen LogP contribution in [0.1, 0.15) is 0 Å². The standard InChI is InChI=1S/C18H6Br15N/c19-8-6-9(11(21)12(22)10(8)20)34(7-4-2-1-3-5-7)18(33)16(29,30)14(25,26)13(23,24)15(27,28)17(18,31)32/h1-6H. The second-order valence-corrected chi connectivity index (χ2v) is 28.6. The highest BCUT2D eigenvalue weighted by atomic mass is 79.9. The Bertz CT molecular complexity index is 1080. The van der Waals surface area contributed by atoms with Gasteiger partial charge in [0.2, 0.25) is 0 Å². The highest BCUT2D eigenvalue weighted by molar-refractivity contribution is 9.36. The summed E-state index contributed by atoms with van der Waals surface area (Å²) in [5.74, 6) is 0. The van der Waals surface area contributed by atoms with E-state index in [0.29, 0.717) is 0 Å². The van der Waals surface area contributed by atoms with E-state index in [-0.39, 0.29) is 0 Å². The lowest BCUT2D eigenvalue weighted by Gasteiger charge is -2.68. The third kappa shape index (κ3) is 4.83. The van der Waals surface area contributed by atoms with Crippen molar-refractivity contribution in [2.45, 2.75) is 20.6 Å². The molecule has 0 aliphatic heterocycles. The summed E-state index contributed by atoms with van der Waals surface area (Å²) in [7, 11) is 0. The molecule has 2 aromatic carbocycles. The Morgan fingerprint density at radius 3 is 1.35 bits per heavy atom. The Morgan fingerprint density at radius 1 is 0.500 bits per heavy atom. The summed E-state index contributed by atoms with van der Waals surface area (Å²) in [5.41, 5.74) is 1.77. The largest absolute Gasteiger partial charge is 0.320 e. The SMILES string of the molecule is Brc1cc(N(c2ccccc2)C2(Br)C(Br)(Br)C(Br)(Br)C(Br)(Br)C(Br)(Br)C2(Br)Br)c(Br)c(Br)c1Br.